The SMILES string of the molecule is CCNC1CCN(CCc2ccc(F)cc2C)C(C)C1. The highest BCUT2D eigenvalue weighted by molar-refractivity contribution is 5.26. The molecule has 2 rings (SSSR count). The molecule has 2 atom stereocenters. The van der Waals surface area contributed by atoms with Gasteiger partial charge in [0.25, 0.3) is 0 Å². The highest BCUT2D eigenvalue weighted by Gasteiger charge is 2.24. The average molecular weight is 278 g/mol. The van der Waals surface area contributed by atoms with Gasteiger partial charge in [-0.3, -0.25) is 0 Å². The molecule has 1 fully saturated rings. The molecule has 1 aliphatic rings. The molecular formula is C17H27FN2. The number of benzene rings is 1. The minimum absolute atomic E-state index is 0.133. The van der Waals surface area contributed by atoms with Gasteiger partial charge in [-0.25, -0.2) is 4.39 Å². The minimum Gasteiger partial charge on any atom is -0.314 e. The Morgan fingerprint density at radius 3 is 2.85 bits per heavy atom. The standard InChI is InChI=1S/C17H27FN2/c1-4-19-17-8-10-20(14(3)12-17)9-7-15-5-6-16(18)11-13(15)2/h5-6,11,14,17,19H,4,7-10,12H2,1-3H3. The largest absolute Gasteiger partial charge is 0.314 e. The summed E-state index contributed by atoms with van der Waals surface area (Å²) in [6.07, 6.45) is 3.49. The molecule has 0 radical (unpaired) electrons. The summed E-state index contributed by atoms with van der Waals surface area (Å²) in [5.41, 5.74) is 2.34. The van der Waals surface area contributed by atoms with Crippen molar-refractivity contribution in [2.45, 2.75) is 52.1 Å². The van der Waals surface area contributed by atoms with E-state index in [9.17, 15) is 4.39 Å². The van der Waals surface area contributed by atoms with Crippen molar-refractivity contribution in [1.82, 2.24) is 10.2 Å². The lowest BCUT2D eigenvalue weighted by molar-refractivity contribution is 0.138. The fourth-order valence-corrected chi connectivity index (χ4v) is 3.23. The first-order valence-electron chi connectivity index (χ1n) is 7.82. The van der Waals surface area contributed by atoms with Crippen molar-refractivity contribution in [3.8, 4) is 0 Å². The van der Waals surface area contributed by atoms with Gasteiger partial charge in [-0.05, 0) is 69.5 Å². The summed E-state index contributed by atoms with van der Waals surface area (Å²) < 4.78 is 13.1. The lowest BCUT2D eigenvalue weighted by Gasteiger charge is -2.38. The van der Waals surface area contributed by atoms with Gasteiger partial charge in [0.2, 0.25) is 0 Å². The molecule has 1 aromatic rings. The van der Waals surface area contributed by atoms with Crippen LogP contribution in [0.25, 0.3) is 0 Å². The minimum atomic E-state index is -0.133. The van der Waals surface area contributed by atoms with Crippen molar-refractivity contribution in [1.29, 1.82) is 0 Å². The summed E-state index contributed by atoms with van der Waals surface area (Å²) in [5, 5.41) is 3.56. The zero-order valence-corrected chi connectivity index (χ0v) is 13.0. The third-order valence-electron chi connectivity index (χ3n) is 4.48. The number of nitrogens with one attached hydrogen (secondary N) is 1. The Kier molecular flexibility index (Phi) is 5.55. The quantitative estimate of drug-likeness (QED) is 0.890. The molecule has 1 heterocycles. The van der Waals surface area contributed by atoms with E-state index in [1.54, 1.807) is 12.1 Å². The second-order valence-corrected chi connectivity index (χ2v) is 5.98. The van der Waals surface area contributed by atoms with Crippen LogP contribution in [0.15, 0.2) is 18.2 Å². The first-order chi connectivity index (χ1) is 9.60. The zero-order chi connectivity index (χ0) is 14.5. The Labute approximate surface area is 122 Å². The van der Waals surface area contributed by atoms with E-state index in [-0.39, 0.29) is 5.82 Å². The second-order valence-electron chi connectivity index (χ2n) is 5.98. The van der Waals surface area contributed by atoms with E-state index >= 15 is 0 Å². The third kappa shape index (κ3) is 4.03. The molecule has 3 heteroatoms. The Balaban J connectivity index is 1.85. The topological polar surface area (TPSA) is 15.3 Å². The van der Waals surface area contributed by atoms with Crippen LogP contribution in [0.2, 0.25) is 0 Å². The predicted octanol–water partition coefficient (Wildman–Crippen LogP) is 3.14. The van der Waals surface area contributed by atoms with E-state index in [4.69, 9.17) is 0 Å². The van der Waals surface area contributed by atoms with E-state index in [0.29, 0.717) is 12.1 Å². The molecule has 1 aliphatic heterocycles. The summed E-state index contributed by atoms with van der Waals surface area (Å²) in [5.74, 6) is -0.133. The highest BCUT2D eigenvalue weighted by atomic mass is 19.1. The van der Waals surface area contributed by atoms with Gasteiger partial charge in [0.05, 0.1) is 0 Å². The maximum absolute atomic E-state index is 13.1. The smallest absolute Gasteiger partial charge is 0.123 e. The molecule has 20 heavy (non-hydrogen) atoms. The van der Waals surface area contributed by atoms with Gasteiger partial charge in [0.1, 0.15) is 5.82 Å². The molecule has 0 spiro atoms. The maximum atomic E-state index is 13.1. The Morgan fingerprint density at radius 1 is 1.40 bits per heavy atom. The summed E-state index contributed by atoms with van der Waals surface area (Å²) in [7, 11) is 0. The van der Waals surface area contributed by atoms with Crippen molar-refractivity contribution >= 4 is 0 Å². The second kappa shape index (κ2) is 7.19. The van der Waals surface area contributed by atoms with E-state index in [1.807, 2.05) is 13.0 Å². The predicted molar refractivity (Wildman–Crippen MR) is 82.6 cm³/mol. The number of hydrogen-bond donors (Lipinski definition) is 1. The first-order valence-corrected chi connectivity index (χ1v) is 7.82. The Hall–Kier alpha value is -0.930. The molecule has 0 amide bonds. The van der Waals surface area contributed by atoms with Crippen LogP contribution >= 0.6 is 0 Å². The van der Waals surface area contributed by atoms with Crippen LogP contribution in [0.5, 0.6) is 0 Å². The van der Waals surface area contributed by atoms with Gasteiger partial charge >= 0.3 is 0 Å². The lowest BCUT2D eigenvalue weighted by atomic mass is 9.97. The van der Waals surface area contributed by atoms with Crippen molar-refractivity contribution in [2.75, 3.05) is 19.6 Å². The van der Waals surface area contributed by atoms with Gasteiger partial charge < -0.3 is 10.2 Å². The molecule has 1 aromatic carbocycles. The fourth-order valence-electron chi connectivity index (χ4n) is 3.23. The van der Waals surface area contributed by atoms with Gasteiger partial charge in [-0.2, -0.15) is 0 Å². The number of nitrogens with zero attached hydrogens (tertiary/aromatic N) is 1. The number of aryl methyl sites for hydroxylation is 1. The van der Waals surface area contributed by atoms with E-state index in [1.165, 1.54) is 24.9 Å². The molecule has 2 nitrogen and oxygen atoms in total. The van der Waals surface area contributed by atoms with Gasteiger partial charge in [-0.15, -0.1) is 0 Å². The third-order valence-corrected chi connectivity index (χ3v) is 4.48. The number of likely N-dealkylation sites (tertiary alicyclic amines) is 1. The molecule has 0 bridgehead atoms. The van der Waals surface area contributed by atoms with Crippen LogP contribution in [0.1, 0.15) is 37.8 Å². The number of halogens is 1. The van der Waals surface area contributed by atoms with Crippen LogP contribution in [0.3, 0.4) is 0 Å². The van der Waals surface area contributed by atoms with E-state index in [2.05, 4.69) is 24.1 Å². The molecule has 0 aromatic heterocycles. The molecule has 112 valence electrons. The van der Waals surface area contributed by atoms with E-state index in [0.717, 1.165) is 25.1 Å². The van der Waals surface area contributed by atoms with Crippen molar-refractivity contribution in [3.63, 3.8) is 0 Å². The molecular weight excluding hydrogens is 251 g/mol. The Morgan fingerprint density at radius 2 is 2.20 bits per heavy atom. The monoisotopic (exact) mass is 278 g/mol. The molecule has 1 N–H and O–H groups in total. The van der Waals surface area contributed by atoms with Crippen molar-refractivity contribution in [3.05, 3.63) is 35.1 Å². The average Bonchev–Trinajstić information content (AvgIpc) is 2.40. The van der Waals surface area contributed by atoms with Crippen LogP contribution in [-0.4, -0.2) is 36.6 Å². The first kappa shape index (κ1) is 15.5. The molecule has 1 saturated heterocycles. The van der Waals surface area contributed by atoms with Crippen molar-refractivity contribution in [2.24, 2.45) is 0 Å². The Bertz CT molecular complexity index is 433. The van der Waals surface area contributed by atoms with Gasteiger partial charge in [0.15, 0.2) is 0 Å². The van der Waals surface area contributed by atoms with Crippen LogP contribution < -0.4 is 5.32 Å². The van der Waals surface area contributed by atoms with Crippen molar-refractivity contribution < 1.29 is 4.39 Å². The summed E-state index contributed by atoms with van der Waals surface area (Å²) in [4.78, 5) is 2.57. The highest BCUT2D eigenvalue weighted by Crippen LogP contribution is 2.19. The number of hydrogen-bond acceptors (Lipinski definition) is 2. The normalized spacial score (nSPS) is 24.0. The van der Waals surface area contributed by atoms with Crippen LogP contribution in [0, 0.1) is 12.7 Å². The van der Waals surface area contributed by atoms with Gasteiger partial charge in [0, 0.05) is 18.6 Å². The molecule has 0 aliphatic carbocycles. The van der Waals surface area contributed by atoms with Crippen LogP contribution in [-0.2, 0) is 6.42 Å². The van der Waals surface area contributed by atoms with E-state index < -0.39 is 0 Å². The summed E-state index contributed by atoms with van der Waals surface area (Å²) in [6.45, 7) is 9.80. The lowest BCUT2D eigenvalue weighted by Crippen LogP contribution is -2.47. The summed E-state index contributed by atoms with van der Waals surface area (Å²) >= 11 is 0. The van der Waals surface area contributed by atoms with Gasteiger partial charge in [-0.1, -0.05) is 13.0 Å². The zero-order valence-electron chi connectivity index (χ0n) is 13.0. The number of rotatable bonds is 5. The number of piperidine rings is 1. The fraction of sp³-hybridized carbons (Fsp3) is 0.647. The molecule has 0 saturated carbocycles. The van der Waals surface area contributed by atoms with Crippen LogP contribution in [0.4, 0.5) is 4.39 Å². The summed E-state index contributed by atoms with van der Waals surface area (Å²) in [6, 6.07) is 6.45. The maximum Gasteiger partial charge on any atom is 0.123 e. The molecule has 2 unspecified atom stereocenters.